The van der Waals surface area contributed by atoms with Gasteiger partial charge in [0.05, 0.1) is 0 Å². The van der Waals surface area contributed by atoms with Gasteiger partial charge >= 0.3 is 0 Å². The van der Waals surface area contributed by atoms with Crippen LogP contribution in [0.1, 0.15) is 5.56 Å². The van der Waals surface area contributed by atoms with Crippen molar-refractivity contribution in [2.45, 2.75) is 10.8 Å². The molecular formula is C18H12BrFN4S. The van der Waals surface area contributed by atoms with Crippen molar-refractivity contribution in [1.29, 1.82) is 0 Å². The predicted octanol–water partition coefficient (Wildman–Crippen LogP) is 4.99. The summed E-state index contributed by atoms with van der Waals surface area (Å²) in [5.74, 6) is 1.14. The number of nitrogens with zero attached hydrogens (tertiary/aromatic N) is 4. The number of halogens is 2. The van der Waals surface area contributed by atoms with Gasteiger partial charge in [-0.25, -0.2) is 4.39 Å². The number of rotatable bonds is 4. The monoisotopic (exact) mass is 414 g/mol. The van der Waals surface area contributed by atoms with Crippen molar-refractivity contribution < 1.29 is 4.39 Å². The lowest BCUT2D eigenvalue weighted by molar-refractivity contribution is 0.628. The zero-order valence-corrected chi connectivity index (χ0v) is 15.3. The average Bonchev–Trinajstić information content (AvgIpc) is 3.05. The van der Waals surface area contributed by atoms with Gasteiger partial charge in [0.1, 0.15) is 10.8 Å². The molecule has 0 radical (unpaired) electrons. The Morgan fingerprint density at radius 3 is 2.44 bits per heavy atom. The summed E-state index contributed by atoms with van der Waals surface area (Å²) in [5.41, 5.74) is 2.65. The quantitative estimate of drug-likeness (QED) is 0.441. The van der Waals surface area contributed by atoms with Gasteiger partial charge in [-0.3, -0.25) is 0 Å². The van der Waals surface area contributed by atoms with E-state index in [2.05, 4.69) is 43.4 Å². The second-order valence-corrected chi connectivity index (χ2v) is 7.30. The highest BCUT2D eigenvalue weighted by atomic mass is 79.9. The molecule has 0 saturated carbocycles. The summed E-state index contributed by atoms with van der Waals surface area (Å²) >= 11 is 5.08. The van der Waals surface area contributed by atoms with Crippen LogP contribution >= 0.6 is 27.7 Å². The Morgan fingerprint density at radius 1 is 0.920 bits per heavy atom. The maximum absolute atomic E-state index is 13.1. The van der Waals surface area contributed by atoms with Crippen molar-refractivity contribution in [3.63, 3.8) is 0 Å². The lowest BCUT2D eigenvalue weighted by Gasteiger charge is -2.04. The third kappa shape index (κ3) is 3.57. The lowest BCUT2D eigenvalue weighted by atomic mass is 10.2. The maximum Gasteiger partial charge on any atom is 0.185 e. The van der Waals surface area contributed by atoms with E-state index in [9.17, 15) is 4.39 Å². The summed E-state index contributed by atoms with van der Waals surface area (Å²) in [6.07, 6.45) is 0. The van der Waals surface area contributed by atoms with Crippen molar-refractivity contribution in [1.82, 2.24) is 19.8 Å². The molecule has 0 aliphatic heterocycles. The number of hydrogen-bond acceptors (Lipinski definition) is 4. The van der Waals surface area contributed by atoms with E-state index < -0.39 is 0 Å². The van der Waals surface area contributed by atoms with Crippen molar-refractivity contribution in [3.05, 3.63) is 76.5 Å². The molecule has 4 rings (SSSR count). The van der Waals surface area contributed by atoms with Gasteiger partial charge in [-0.05, 0) is 54.1 Å². The molecule has 4 aromatic rings. The van der Waals surface area contributed by atoms with Gasteiger partial charge in [0.25, 0.3) is 0 Å². The normalized spacial score (nSPS) is 11.1. The smallest absolute Gasteiger partial charge is 0.185 e. The molecule has 2 heterocycles. The molecule has 0 unspecified atom stereocenters. The van der Waals surface area contributed by atoms with Crippen LogP contribution in [0.25, 0.3) is 17.0 Å². The Kier molecular flexibility index (Phi) is 4.50. The molecule has 0 saturated heterocycles. The van der Waals surface area contributed by atoms with Gasteiger partial charge in [0.2, 0.25) is 0 Å². The van der Waals surface area contributed by atoms with Crippen molar-refractivity contribution >= 4 is 33.3 Å². The standard InChI is InChI=1S/C18H12BrFN4S/c19-14-5-1-12(2-6-14)11-25-17-10-9-16-21-22-18(24(16)23-17)13-3-7-15(20)8-4-13/h1-10H,11H2. The van der Waals surface area contributed by atoms with E-state index in [1.807, 2.05) is 24.3 Å². The van der Waals surface area contributed by atoms with Crippen LogP contribution in [0.4, 0.5) is 4.39 Å². The first-order valence-corrected chi connectivity index (χ1v) is 9.32. The third-order valence-electron chi connectivity index (χ3n) is 3.64. The highest BCUT2D eigenvalue weighted by Gasteiger charge is 2.10. The van der Waals surface area contributed by atoms with Crippen molar-refractivity contribution in [3.8, 4) is 11.4 Å². The van der Waals surface area contributed by atoms with Crippen LogP contribution in [0.3, 0.4) is 0 Å². The largest absolute Gasteiger partial charge is 0.207 e. The Hall–Kier alpha value is -2.25. The first-order chi connectivity index (χ1) is 12.2. The maximum atomic E-state index is 13.1. The van der Waals surface area contributed by atoms with Gasteiger partial charge in [0, 0.05) is 15.8 Å². The fraction of sp³-hybridized carbons (Fsp3) is 0.0556. The van der Waals surface area contributed by atoms with Crippen LogP contribution < -0.4 is 0 Å². The van der Waals surface area contributed by atoms with E-state index >= 15 is 0 Å². The van der Waals surface area contributed by atoms with Crippen LogP contribution in [0, 0.1) is 5.82 Å². The van der Waals surface area contributed by atoms with Gasteiger partial charge in [-0.2, -0.15) is 9.61 Å². The molecule has 0 spiro atoms. The third-order valence-corrected chi connectivity index (χ3v) is 5.16. The van der Waals surface area contributed by atoms with Crippen LogP contribution in [-0.4, -0.2) is 19.8 Å². The Bertz CT molecular complexity index is 1020. The second kappa shape index (κ2) is 6.93. The van der Waals surface area contributed by atoms with E-state index in [-0.39, 0.29) is 5.82 Å². The van der Waals surface area contributed by atoms with Gasteiger partial charge in [-0.1, -0.05) is 39.8 Å². The molecule has 0 aliphatic rings. The number of fused-ring (bicyclic) bond motifs is 1. The summed E-state index contributed by atoms with van der Waals surface area (Å²) < 4.78 is 15.9. The van der Waals surface area contributed by atoms with Crippen LogP contribution in [0.5, 0.6) is 0 Å². The average molecular weight is 415 g/mol. The summed E-state index contributed by atoms with van der Waals surface area (Å²) in [5, 5.41) is 13.8. The van der Waals surface area contributed by atoms with Crippen molar-refractivity contribution in [2.75, 3.05) is 0 Å². The topological polar surface area (TPSA) is 43.1 Å². The predicted molar refractivity (Wildman–Crippen MR) is 99.9 cm³/mol. The molecule has 0 fully saturated rings. The summed E-state index contributed by atoms with van der Waals surface area (Å²) in [6, 6.07) is 18.2. The number of aromatic nitrogens is 4. The molecule has 0 atom stereocenters. The molecule has 0 aliphatic carbocycles. The highest BCUT2D eigenvalue weighted by Crippen LogP contribution is 2.24. The summed E-state index contributed by atoms with van der Waals surface area (Å²) in [7, 11) is 0. The fourth-order valence-electron chi connectivity index (χ4n) is 2.37. The van der Waals surface area contributed by atoms with Gasteiger partial charge in [-0.15, -0.1) is 10.2 Å². The number of benzene rings is 2. The van der Waals surface area contributed by atoms with Crippen LogP contribution in [0.2, 0.25) is 0 Å². The zero-order valence-electron chi connectivity index (χ0n) is 12.9. The zero-order chi connectivity index (χ0) is 17.2. The molecule has 0 N–H and O–H groups in total. The number of hydrogen-bond donors (Lipinski definition) is 0. The van der Waals surface area contributed by atoms with E-state index in [1.165, 1.54) is 17.7 Å². The fourth-order valence-corrected chi connectivity index (χ4v) is 3.44. The van der Waals surface area contributed by atoms with Crippen molar-refractivity contribution in [2.24, 2.45) is 0 Å². The second-order valence-electron chi connectivity index (χ2n) is 5.39. The minimum absolute atomic E-state index is 0.281. The van der Waals surface area contributed by atoms with E-state index in [0.29, 0.717) is 11.5 Å². The Balaban J connectivity index is 1.61. The highest BCUT2D eigenvalue weighted by molar-refractivity contribution is 9.10. The van der Waals surface area contributed by atoms with Gasteiger partial charge < -0.3 is 0 Å². The molecule has 124 valence electrons. The molecule has 0 bridgehead atoms. The molecule has 2 aromatic carbocycles. The Morgan fingerprint density at radius 2 is 1.68 bits per heavy atom. The molecule has 0 amide bonds. The molecule has 2 aromatic heterocycles. The molecule has 4 nitrogen and oxygen atoms in total. The van der Waals surface area contributed by atoms with E-state index in [1.54, 1.807) is 28.4 Å². The minimum atomic E-state index is -0.281. The first-order valence-electron chi connectivity index (χ1n) is 7.55. The van der Waals surface area contributed by atoms with Crippen LogP contribution in [0.15, 0.2) is 70.2 Å². The summed E-state index contributed by atoms with van der Waals surface area (Å²) in [4.78, 5) is 0. The summed E-state index contributed by atoms with van der Waals surface area (Å²) in [6.45, 7) is 0. The SMILES string of the molecule is Fc1ccc(-c2nnc3ccc(SCc4ccc(Br)cc4)nn23)cc1. The van der Waals surface area contributed by atoms with Crippen LogP contribution in [-0.2, 0) is 5.75 Å². The van der Waals surface area contributed by atoms with E-state index in [0.717, 1.165) is 20.8 Å². The minimum Gasteiger partial charge on any atom is -0.207 e. The molecule has 25 heavy (non-hydrogen) atoms. The first kappa shape index (κ1) is 16.2. The van der Waals surface area contributed by atoms with Gasteiger partial charge in [0.15, 0.2) is 11.5 Å². The number of thioether (sulfide) groups is 1. The van der Waals surface area contributed by atoms with E-state index in [4.69, 9.17) is 0 Å². The molecule has 7 heteroatoms. The lowest BCUT2D eigenvalue weighted by Crippen LogP contribution is -1.96. The Labute approximate surface area is 156 Å². The molecular weight excluding hydrogens is 403 g/mol.